The van der Waals surface area contributed by atoms with Gasteiger partial charge in [0.25, 0.3) is 5.91 Å². The summed E-state index contributed by atoms with van der Waals surface area (Å²) in [5.74, 6) is 5.52. The fourth-order valence-electron chi connectivity index (χ4n) is 2.43. The fraction of sp³-hybridized carbons (Fsp3) is 0.500. The lowest BCUT2D eigenvalue weighted by Gasteiger charge is -2.19. The maximum absolute atomic E-state index is 12.3. The van der Waals surface area contributed by atoms with Crippen LogP contribution in [0.25, 0.3) is 0 Å². The fourth-order valence-corrected chi connectivity index (χ4v) is 2.43. The maximum Gasteiger partial charge on any atom is 0.271 e. The van der Waals surface area contributed by atoms with Crippen LogP contribution in [0.3, 0.4) is 0 Å². The second-order valence-electron chi connectivity index (χ2n) is 5.16. The van der Waals surface area contributed by atoms with Gasteiger partial charge in [0.05, 0.1) is 12.2 Å². The van der Waals surface area contributed by atoms with Crippen molar-refractivity contribution in [1.29, 1.82) is 0 Å². The molecule has 0 spiro atoms. The first-order valence-corrected chi connectivity index (χ1v) is 7.25. The van der Waals surface area contributed by atoms with E-state index in [0.717, 1.165) is 13.0 Å². The predicted octanol–water partition coefficient (Wildman–Crippen LogP) is 0.639. The Bertz CT molecular complexity index is 548. The van der Waals surface area contributed by atoms with Gasteiger partial charge < -0.3 is 15.3 Å². The van der Waals surface area contributed by atoms with Crippen LogP contribution in [-0.4, -0.2) is 53.7 Å². The number of carbonyl (C=O) groups is 1. The molecule has 5 heteroatoms. The van der Waals surface area contributed by atoms with Crippen molar-refractivity contribution in [2.75, 3.05) is 26.7 Å². The summed E-state index contributed by atoms with van der Waals surface area (Å²) in [4.78, 5) is 18.6. The van der Waals surface area contributed by atoms with Crippen LogP contribution < -0.4 is 5.32 Å². The molecule has 1 unspecified atom stereocenters. The number of likely N-dealkylation sites (tertiary alicyclic amines) is 1. The molecular formula is C16H21N3O2. The summed E-state index contributed by atoms with van der Waals surface area (Å²) in [5.41, 5.74) is 0.951. The van der Waals surface area contributed by atoms with Gasteiger partial charge in [0.15, 0.2) is 0 Å². The number of pyridine rings is 1. The number of hydrogen-bond donors (Lipinski definition) is 2. The van der Waals surface area contributed by atoms with E-state index in [-0.39, 0.29) is 12.5 Å². The van der Waals surface area contributed by atoms with Gasteiger partial charge in [0.1, 0.15) is 5.69 Å². The third kappa shape index (κ3) is 4.28. The van der Waals surface area contributed by atoms with Gasteiger partial charge in [0.2, 0.25) is 0 Å². The van der Waals surface area contributed by atoms with E-state index in [2.05, 4.69) is 34.1 Å². The first-order chi connectivity index (χ1) is 10.2. The molecule has 0 aliphatic carbocycles. The zero-order chi connectivity index (χ0) is 15.1. The van der Waals surface area contributed by atoms with Crippen molar-refractivity contribution < 1.29 is 9.90 Å². The number of hydrogen-bond acceptors (Lipinski definition) is 4. The average molecular weight is 287 g/mol. The molecule has 1 aromatic heterocycles. The zero-order valence-electron chi connectivity index (χ0n) is 12.3. The van der Waals surface area contributed by atoms with Crippen LogP contribution >= 0.6 is 0 Å². The number of aliphatic hydroxyl groups excluding tert-OH is 1. The summed E-state index contributed by atoms with van der Waals surface area (Å²) in [7, 11) is 2.08. The van der Waals surface area contributed by atoms with Crippen LogP contribution in [0.15, 0.2) is 18.3 Å². The highest BCUT2D eigenvalue weighted by Crippen LogP contribution is 2.13. The first-order valence-electron chi connectivity index (χ1n) is 7.25. The quantitative estimate of drug-likeness (QED) is 0.798. The Morgan fingerprint density at radius 2 is 2.48 bits per heavy atom. The maximum atomic E-state index is 12.3. The number of rotatable bonds is 4. The van der Waals surface area contributed by atoms with Crippen molar-refractivity contribution >= 4 is 5.91 Å². The van der Waals surface area contributed by atoms with Crippen LogP contribution in [0.1, 0.15) is 35.3 Å². The Morgan fingerprint density at radius 1 is 1.62 bits per heavy atom. The summed E-state index contributed by atoms with van der Waals surface area (Å²) in [5, 5.41) is 11.7. The van der Waals surface area contributed by atoms with E-state index < -0.39 is 0 Å². The minimum atomic E-state index is -0.191. The van der Waals surface area contributed by atoms with E-state index in [9.17, 15) is 4.79 Å². The number of aromatic nitrogens is 1. The van der Waals surface area contributed by atoms with Gasteiger partial charge in [-0.1, -0.05) is 11.8 Å². The van der Waals surface area contributed by atoms with Crippen molar-refractivity contribution in [2.45, 2.75) is 25.3 Å². The van der Waals surface area contributed by atoms with E-state index in [0.29, 0.717) is 30.3 Å². The smallest absolute Gasteiger partial charge is 0.271 e. The van der Waals surface area contributed by atoms with Gasteiger partial charge >= 0.3 is 0 Å². The van der Waals surface area contributed by atoms with Crippen LogP contribution in [0, 0.1) is 11.8 Å². The summed E-state index contributed by atoms with van der Waals surface area (Å²) < 4.78 is 0. The number of carbonyl (C=O) groups excluding carboxylic acids is 1. The van der Waals surface area contributed by atoms with Crippen LogP contribution in [0.2, 0.25) is 0 Å². The molecule has 21 heavy (non-hydrogen) atoms. The molecule has 1 atom stereocenters. The molecular weight excluding hydrogens is 266 g/mol. The molecule has 0 bridgehead atoms. The second kappa shape index (κ2) is 7.77. The first kappa shape index (κ1) is 15.5. The zero-order valence-corrected chi connectivity index (χ0v) is 12.3. The average Bonchev–Trinajstić information content (AvgIpc) is 2.91. The lowest BCUT2D eigenvalue weighted by Crippen LogP contribution is -2.38. The molecule has 1 fully saturated rings. The van der Waals surface area contributed by atoms with Crippen LogP contribution in [0.5, 0.6) is 0 Å². The Kier molecular flexibility index (Phi) is 5.73. The molecule has 5 nitrogen and oxygen atoms in total. The largest absolute Gasteiger partial charge is 0.395 e. The molecule has 112 valence electrons. The molecule has 0 saturated carbocycles. The van der Waals surface area contributed by atoms with Crippen LogP contribution in [0.4, 0.5) is 0 Å². The molecule has 1 aliphatic rings. The molecule has 1 amide bonds. The predicted molar refractivity (Wildman–Crippen MR) is 80.8 cm³/mol. The number of amides is 1. The van der Waals surface area contributed by atoms with E-state index >= 15 is 0 Å². The van der Waals surface area contributed by atoms with Gasteiger partial charge in [-0.3, -0.25) is 4.79 Å². The second-order valence-corrected chi connectivity index (χ2v) is 5.16. The van der Waals surface area contributed by atoms with Gasteiger partial charge in [-0.15, -0.1) is 0 Å². The van der Waals surface area contributed by atoms with E-state index in [1.54, 1.807) is 18.3 Å². The van der Waals surface area contributed by atoms with Crippen LogP contribution in [-0.2, 0) is 0 Å². The Balaban J connectivity index is 2.00. The Labute approximate surface area is 125 Å². The highest BCUT2D eigenvalue weighted by Gasteiger charge is 2.22. The highest BCUT2D eigenvalue weighted by atomic mass is 16.2. The summed E-state index contributed by atoms with van der Waals surface area (Å²) in [6, 6.07) is 3.93. The van der Waals surface area contributed by atoms with E-state index in [1.807, 2.05) is 0 Å². The standard InChI is InChI=1S/C16H21N3O2/c1-19-10-5-8-14(19)12-18-16(21)15-13(6-2-3-11-20)7-4-9-17-15/h4,7,9,14,20H,3,5,8,10-12H2,1H3,(H,18,21). The Morgan fingerprint density at radius 3 is 3.19 bits per heavy atom. The summed E-state index contributed by atoms with van der Waals surface area (Å²) in [6.07, 6.45) is 4.28. The van der Waals surface area contributed by atoms with Crippen molar-refractivity contribution in [2.24, 2.45) is 0 Å². The minimum Gasteiger partial charge on any atom is -0.395 e. The molecule has 2 N–H and O–H groups in total. The molecule has 1 aliphatic heterocycles. The van der Waals surface area contributed by atoms with E-state index in [1.165, 1.54) is 6.42 Å². The lowest BCUT2D eigenvalue weighted by atomic mass is 10.1. The lowest BCUT2D eigenvalue weighted by molar-refractivity contribution is 0.0938. The third-order valence-electron chi connectivity index (χ3n) is 3.65. The topological polar surface area (TPSA) is 65.5 Å². The van der Waals surface area contributed by atoms with Crippen molar-refractivity contribution in [3.63, 3.8) is 0 Å². The van der Waals surface area contributed by atoms with E-state index in [4.69, 9.17) is 5.11 Å². The number of nitrogens with zero attached hydrogens (tertiary/aromatic N) is 2. The van der Waals surface area contributed by atoms with Gasteiger partial charge in [-0.05, 0) is 38.6 Å². The Hall–Kier alpha value is -1.90. The van der Waals surface area contributed by atoms with Gasteiger partial charge in [0, 0.05) is 25.2 Å². The SMILES string of the molecule is CN1CCCC1CNC(=O)c1ncccc1C#CCCO. The molecule has 0 aromatic carbocycles. The number of likely N-dealkylation sites (N-methyl/N-ethyl adjacent to an activating group) is 1. The highest BCUT2D eigenvalue weighted by molar-refractivity contribution is 5.94. The molecule has 1 aromatic rings. The monoisotopic (exact) mass is 287 g/mol. The molecule has 0 radical (unpaired) electrons. The van der Waals surface area contributed by atoms with Gasteiger partial charge in [-0.2, -0.15) is 0 Å². The minimum absolute atomic E-state index is 0.0167. The van der Waals surface area contributed by atoms with Gasteiger partial charge in [-0.25, -0.2) is 4.98 Å². The normalized spacial score (nSPS) is 18.1. The molecule has 2 rings (SSSR count). The number of aliphatic hydroxyl groups is 1. The molecule has 2 heterocycles. The number of nitrogens with one attached hydrogen (secondary N) is 1. The summed E-state index contributed by atoms with van der Waals surface area (Å²) >= 11 is 0. The van der Waals surface area contributed by atoms with Crippen molar-refractivity contribution in [1.82, 2.24) is 15.2 Å². The third-order valence-corrected chi connectivity index (χ3v) is 3.65. The van der Waals surface area contributed by atoms with Crippen molar-refractivity contribution in [3.8, 4) is 11.8 Å². The van der Waals surface area contributed by atoms with Crippen molar-refractivity contribution in [3.05, 3.63) is 29.6 Å². The molecule has 1 saturated heterocycles. The summed E-state index contributed by atoms with van der Waals surface area (Å²) in [6.45, 7) is 1.74.